The van der Waals surface area contributed by atoms with E-state index in [1.807, 2.05) is 19.1 Å². The van der Waals surface area contributed by atoms with Gasteiger partial charge in [0.1, 0.15) is 0 Å². The fourth-order valence-electron chi connectivity index (χ4n) is 1.59. The lowest BCUT2D eigenvalue weighted by Crippen LogP contribution is -2.34. The number of rotatable bonds is 4. The molecule has 0 aromatic carbocycles. The van der Waals surface area contributed by atoms with Gasteiger partial charge in [0.25, 0.3) is 0 Å². The summed E-state index contributed by atoms with van der Waals surface area (Å²) in [6.45, 7) is 1.90. The second kappa shape index (κ2) is 6.25. The van der Waals surface area contributed by atoms with E-state index in [4.69, 9.17) is 5.73 Å². The van der Waals surface area contributed by atoms with Crippen LogP contribution in [0, 0.1) is 0 Å². The first-order valence-electron chi connectivity index (χ1n) is 5.73. The number of halogens is 1. The lowest BCUT2D eigenvalue weighted by atomic mass is 10.2. The van der Waals surface area contributed by atoms with Crippen LogP contribution in [0.4, 0.5) is 0 Å². The first kappa shape index (κ1) is 15.5. The Morgan fingerprint density at radius 3 is 2.75 bits per heavy atom. The summed E-state index contributed by atoms with van der Waals surface area (Å²) in [5.74, 6) is 0. The highest BCUT2D eigenvalue weighted by molar-refractivity contribution is 9.11. The fourth-order valence-corrected chi connectivity index (χ4v) is 4.37. The van der Waals surface area contributed by atoms with Gasteiger partial charge in [0.2, 0.25) is 0 Å². The molecule has 0 aliphatic rings. The Morgan fingerprint density at radius 2 is 2.20 bits per heavy atom. The van der Waals surface area contributed by atoms with Crippen molar-refractivity contribution in [3.05, 3.63) is 41.5 Å². The molecule has 2 atom stereocenters. The number of nitrogens with zero attached hydrogens (tertiary/aromatic N) is 2. The molecule has 0 radical (unpaired) electrons. The number of aromatic amines is 1. The first-order chi connectivity index (χ1) is 9.38. The van der Waals surface area contributed by atoms with Crippen LogP contribution in [-0.2, 0) is 7.05 Å². The molecule has 0 saturated carbocycles. The van der Waals surface area contributed by atoms with Crippen molar-refractivity contribution >= 4 is 39.0 Å². The van der Waals surface area contributed by atoms with E-state index in [0.29, 0.717) is 5.16 Å². The Hall–Kier alpha value is -0.900. The fraction of sp³-hybridized carbons (Fsp3) is 0.364. The van der Waals surface area contributed by atoms with Crippen LogP contribution in [0.25, 0.3) is 0 Å². The Labute approximate surface area is 131 Å². The predicted molar refractivity (Wildman–Crippen MR) is 84.4 cm³/mol. The van der Waals surface area contributed by atoms with Gasteiger partial charge >= 0.3 is 11.1 Å². The zero-order valence-corrected chi connectivity index (χ0v) is 14.0. The van der Waals surface area contributed by atoms with Crippen LogP contribution in [0.2, 0.25) is 0 Å². The van der Waals surface area contributed by atoms with Gasteiger partial charge in [-0.1, -0.05) is 11.8 Å². The smallest absolute Gasteiger partial charge is 0.327 e. The molecule has 0 aliphatic heterocycles. The number of hydrogen-bond donors (Lipinski definition) is 2. The first-order valence-corrected chi connectivity index (χ1v) is 8.22. The van der Waals surface area contributed by atoms with Crippen molar-refractivity contribution in [1.29, 1.82) is 0 Å². The van der Waals surface area contributed by atoms with Gasteiger partial charge in [-0.15, -0.1) is 11.3 Å². The second-order valence-electron chi connectivity index (χ2n) is 4.24. The zero-order chi connectivity index (χ0) is 14.9. The minimum absolute atomic E-state index is 0.0460. The lowest BCUT2D eigenvalue weighted by Gasteiger charge is -2.19. The normalized spacial score (nSPS) is 14.2. The Morgan fingerprint density at radius 1 is 1.50 bits per heavy atom. The van der Waals surface area contributed by atoms with E-state index in [0.717, 1.165) is 8.66 Å². The molecular formula is C11H13BrN4O2S2. The van der Waals surface area contributed by atoms with Gasteiger partial charge in [-0.25, -0.2) is 0 Å². The van der Waals surface area contributed by atoms with Crippen molar-refractivity contribution < 1.29 is 0 Å². The number of nitrogens with one attached hydrogen (secondary N) is 1. The number of thioether (sulfide) groups is 1. The summed E-state index contributed by atoms with van der Waals surface area (Å²) >= 11 is 6.37. The van der Waals surface area contributed by atoms with E-state index in [1.165, 1.54) is 16.4 Å². The van der Waals surface area contributed by atoms with Gasteiger partial charge in [-0.2, -0.15) is 4.98 Å². The molecule has 0 amide bonds. The molecule has 2 aromatic heterocycles. The quantitative estimate of drug-likeness (QED) is 0.622. The molecule has 0 fully saturated rings. The molecule has 108 valence electrons. The van der Waals surface area contributed by atoms with E-state index in [2.05, 4.69) is 26.0 Å². The zero-order valence-electron chi connectivity index (χ0n) is 10.8. The third-order valence-electron chi connectivity index (χ3n) is 2.53. The Balaban J connectivity index is 2.36. The number of thiophene rings is 1. The molecule has 0 spiro atoms. The molecule has 2 aromatic rings. The third-order valence-corrected chi connectivity index (χ3v) is 5.90. The summed E-state index contributed by atoms with van der Waals surface area (Å²) in [6, 6.07) is 3.81. The van der Waals surface area contributed by atoms with Crippen LogP contribution in [-0.4, -0.2) is 20.8 Å². The van der Waals surface area contributed by atoms with Crippen LogP contribution in [0.3, 0.4) is 0 Å². The summed E-state index contributed by atoms with van der Waals surface area (Å²) in [4.78, 5) is 27.4. The number of H-pyrrole nitrogens is 1. The van der Waals surface area contributed by atoms with E-state index < -0.39 is 11.1 Å². The molecule has 0 saturated heterocycles. The summed E-state index contributed by atoms with van der Waals surface area (Å²) in [5.41, 5.74) is 4.51. The standard InChI is InChI=1S/C11H13BrN4O2S2/c1-5(13)8(6-3-4-7(12)19-6)20-11-14-9(17)10(18)15-16(11)2/h3-5,8H,13H2,1-2H3,(H,15,18). The van der Waals surface area contributed by atoms with Crippen LogP contribution < -0.4 is 16.9 Å². The monoisotopic (exact) mass is 376 g/mol. The average Bonchev–Trinajstić information content (AvgIpc) is 2.78. The lowest BCUT2D eigenvalue weighted by molar-refractivity contribution is 0.592. The van der Waals surface area contributed by atoms with Gasteiger partial charge in [0.05, 0.1) is 9.04 Å². The number of nitrogens with two attached hydrogens (primary N) is 1. The van der Waals surface area contributed by atoms with Crippen LogP contribution in [0.1, 0.15) is 17.1 Å². The minimum Gasteiger partial charge on any atom is -0.327 e. The van der Waals surface area contributed by atoms with E-state index in [9.17, 15) is 9.59 Å². The van der Waals surface area contributed by atoms with Crippen LogP contribution in [0.15, 0.2) is 30.7 Å². The highest BCUT2D eigenvalue weighted by Crippen LogP contribution is 2.39. The maximum atomic E-state index is 11.4. The summed E-state index contributed by atoms with van der Waals surface area (Å²) in [5, 5.41) is 2.81. The van der Waals surface area contributed by atoms with Crippen molar-refractivity contribution in [3.63, 3.8) is 0 Å². The molecule has 6 nitrogen and oxygen atoms in total. The molecule has 9 heteroatoms. The molecule has 20 heavy (non-hydrogen) atoms. The molecule has 2 rings (SSSR count). The topological polar surface area (TPSA) is 93.8 Å². The SMILES string of the molecule is CC(N)C(Sc1nc(=O)c(=O)[nH]n1C)c1ccc(Br)s1. The molecule has 0 bridgehead atoms. The molecule has 3 N–H and O–H groups in total. The van der Waals surface area contributed by atoms with Crippen LogP contribution >= 0.6 is 39.0 Å². The minimum atomic E-state index is -0.790. The highest BCUT2D eigenvalue weighted by Gasteiger charge is 2.22. The predicted octanol–water partition coefficient (Wildman–Crippen LogP) is 1.47. The number of aryl methyl sites for hydroxylation is 1. The Kier molecular flexibility index (Phi) is 4.84. The van der Waals surface area contributed by atoms with Crippen molar-refractivity contribution in [2.24, 2.45) is 12.8 Å². The van der Waals surface area contributed by atoms with E-state index in [-0.39, 0.29) is 11.3 Å². The van der Waals surface area contributed by atoms with Gasteiger partial charge in [0.15, 0.2) is 5.16 Å². The summed E-state index contributed by atoms with van der Waals surface area (Å²) in [6.07, 6.45) is 0. The van der Waals surface area contributed by atoms with Crippen molar-refractivity contribution in [1.82, 2.24) is 14.8 Å². The van der Waals surface area contributed by atoms with Gasteiger partial charge < -0.3 is 5.73 Å². The molecule has 0 aliphatic carbocycles. The van der Waals surface area contributed by atoms with Crippen molar-refractivity contribution in [2.75, 3.05) is 0 Å². The summed E-state index contributed by atoms with van der Waals surface area (Å²) in [7, 11) is 1.64. The van der Waals surface area contributed by atoms with E-state index >= 15 is 0 Å². The van der Waals surface area contributed by atoms with Gasteiger partial charge in [-0.3, -0.25) is 19.4 Å². The van der Waals surface area contributed by atoms with Gasteiger partial charge in [-0.05, 0) is 35.0 Å². The van der Waals surface area contributed by atoms with Crippen LogP contribution in [0.5, 0.6) is 0 Å². The molecule has 2 heterocycles. The average molecular weight is 377 g/mol. The third kappa shape index (κ3) is 3.40. The molecule has 2 unspecified atom stereocenters. The second-order valence-corrected chi connectivity index (χ2v) is 7.84. The van der Waals surface area contributed by atoms with Crippen molar-refractivity contribution in [3.8, 4) is 0 Å². The highest BCUT2D eigenvalue weighted by atomic mass is 79.9. The molecular weight excluding hydrogens is 364 g/mol. The maximum Gasteiger partial charge on any atom is 0.339 e. The van der Waals surface area contributed by atoms with Crippen molar-refractivity contribution in [2.45, 2.75) is 23.4 Å². The van der Waals surface area contributed by atoms with Gasteiger partial charge in [0, 0.05) is 18.0 Å². The number of hydrogen-bond acceptors (Lipinski definition) is 6. The number of aromatic nitrogens is 3. The summed E-state index contributed by atoms with van der Waals surface area (Å²) < 4.78 is 2.45. The largest absolute Gasteiger partial charge is 0.339 e. The Bertz CT molecular complexity index is 722. The maximum absolute atomic E-state index is 11.4. The van der Waals surface area contributed by atoms with E-state index in [1.54, 1.807) is 18.4 Å².